The second-order valence-electron chi connectivity index (χ2n) is 4.18. The van der Waals surface area contributed by atoms with Gasteiger partial charge in [0.1, 0.15) is 18.5 Å². The lowest BCUT2D eigenvalue weighted by atomic mass is 10.1. The first-order valence-corrected chi connectivity index (χ1v) is 6.36. The van der Waals surface area contributed by atoms with E-state index in [2.05, 4.69) is 4.99 Å². The molecular formula is C12H23N3O4. The number of nitrogens with one attached hydrogen (secondary N) is 1. The molecule has 0 saturated carbocycles. The second-order valence-corrected chi connectivity index (χ2v) is 4.18. The van der Waals surface area contributed by atoms with Crippen LogP contribution in [0, 0.1) is 0 Å². The summed E-state index contributed by atoms with van der Waals surface area (Å²) in [6, 6.07) is -0.703. The molecule has 0 aliphatic carbocycles. The van der Waals surface area contributed by atoms with E-state index in [1.807, 2.05) is 5.48 Å². The Hall–Kier alpha value is -1.47. The van der Waals surface area contributed by atoms with E-state index in [1.54, 1.807) is 13.8 Å². The minimum Gasteiger partial charge on any atom is -0.457 e. The molecule has 7 heteroatoms. The van der Waals surface area contributed by atoms with Crippen LogP contribution in [0.2, 0.25) is 0 Å². The second kappa shape index (κ2) is 10.5. The number of Topliss-reactive ketones (excluding diaryl/α,β-unsaturated/α-hetero) is 1. The first kappa shape index (κ1) is 17.5. The average Bonchev–Trinajstić information content (AvgIpc) is 2.43. The van der Waals surface area contributed by atoms with E-state index in [4.69, 9.17) is 15.7 Å². The number of esters is 1. The van der Waals surface area contributed by atoms with Gasteiger partial charge in [-0.05, 0) is 26.2 Å². The summed E-state index contributed by atoms with van der Waals surface area (Å²) in [5, 5.41) is 8.49. The van der Waals surface area contributed by atoms with Gasteiger partial charge in [0.25, 0.3) is 0 Å². The molecule has 0 bridgehead atoms. The van der Waals surface area contributed by atoms with Crippen LogP contribution in [0.15, 0.2) is 4.99 Å². The van der Waals surface area contributed by atoms with Gasteiger partial charge in [0.2, 0.25) is 0 Å². The third-order valence-electron chi connectivity index (χ3n) is 2.51. The number of nitrogens with two attached hydrogens (primary N) is 1. The number of hydroxylamine groups is 1. The number of amidine groups is 1. The number of carbonyl (C=O) groups excluding carboxylic acids is 2. The van der Waals surface area contributed by atoms with Crippen molar-refractivity contribution in [2.45, 2.75) is 45.6 Å². The maximum atomic E-state index is 11.4. The Labute approximate surface area is 113 Å². The van der Waals surface area contributed by atoms with Crippen molar-refractivity contribution >= 4 is 17.6 Å². The van der Waals surface area contributed by atoms with Crippen LogP contribution in [-0.4, -0.2) is 42.0 Å². The van der Waals surface area contributed by atoms with Crippen molar-refractivity contribution in [2.24, 2.45) is 10.7 Å². The highest BCUT2D eigenvalue weighted by Gasteiger charge is 2.15. The van der Waals surface area contributed by atoms with Gasteiger partial charge in [0, 0.05) is 13.0 Å². The van der Waals surface area contributed by atoms with E-state index in [-0.39, 0.29) is 12.4 Å². The van der Waals surface area contributed by atoms with Gasteiger partial charge in [-0.3, -0.25) is 25.3 Å². The zero-order chi connectivity index (χ0) is 14.7. The van der Waals surface area contributed by atoms with Gasteiger partial charge in [-0.2, -0.15) is 0 Å². The fraction of sp³-hybridized carbons (Fsp3) is 0.750. The number of aliphatic imine (C=N–C) groups is 1. The summed E-state index contributed by atoms with van der Waals surface area (Å²) in [5.41, 5.74) is 7.57. The Morgan fingerprint density at radius 1 is 1.42 bits per heavy atom. The Morgan fingerprint density at radius 2 is 2.11 bits per heavy atom. The molecule has 1 unspecified atom stereocenters. The molecular weight excluding hydrogens is 250 g/mol. The van der Waals surface area contributed by atoms with Crippen LogP contribution < -0.4 is 11.2 Å². The van der Waals surface area contributed by atoms with Crippen LogP contribution in [0.5, 0.6) is 0 Å². The van der Waals surface area contributed by atoms with Crippen LogP contribution in [0.3, 0.4) is 0 Å². The molecule has 0 aliphatic heterocycles. The van der Waals surface area contributed by atoms with Crippen LogP contribution in [0.4, 0.5) is 0 Å². The number of unbranched alkanes of at least 4 members (excludes halogenated alkanes) is 1. The van der Waals surface area contributed by atoms with Crippen molar-refractivity contribution < 1.29 is 19.5 Å². The van der Waals surface area contributed by atoms with Crippen LogP contribution in [0.25, 0.3) is 0 Å². The molecule has 4 N–H and O–H groups in total. The van der Waals surface area contributed by atoms with Gasteiger partial charge >= 0.3 is 5.97 Å². The third-order valence-corrected chi connectivity index (χ3v) is 2.51. The first-order valence-electron chi connectivity index (χ1n) is 6.36. The van der Waals surface area contributed by atoms with E-state index in [0.717, 1.165) is 12.8 Å². The summed E-state index contributed by atoms with van der Waals surface area (Å²) in [5.74, 6) is -0.220. The summed E-state index contributed by atoms with van der Waals surface area (Å²) in [6.45, 7) is 3.71. The number of hydrogen-bond acceptors (Lipinski definition) is 6. The monoisotopic (exact) mass is 273 g/mol. The van der Waals surface area contributed by atoms with E-state index in [1.165, 1.54) is 0 Å². The fourth-order valence-corrected chi connectivity index (χ4v) is 1.24. The summed E-state index contributed by atoms with van der Waals surface area (Å²) in [6.07, 6.45) is 2.31. The maximum Gasteiger partial charge on any atom is 0.323 e. The molecule has 0 fully saturated rings. The topological polar surface area (TPSA) is 114 Å². The molecule has 0 aromatic carbocycles. The molecule has 0 rings (SSSR count). The van der Waals surface area contributed by atoms with Gasteiger partial charge in [0.05, 0.1) is 0 Å². The number of nitrogens with zero attached hydrogens (tertiary/aromatic N) is 1. The third kappa shape index (κ3) is 9.15. The van der Waals surface area contributed by atoms with Gasteiger partial charge in [-0.1, -0.05) is 6.92 Å². The Morgan fingerprint density at radius 3 is 2.68 bits per heavy atom. The van der Waals surface area contributed by atoms with Gasteiger partial charge < -0.3 is 10.5 Å². The molecule has 7 nitrogen and oxygen atoms in total. The van der Waals surface area contributed by atoms with Crippen molar-refractivity contribution in [3.8, 4) is 0 Å². The minimum absolute atomic E-state index is 0.123. The molecule has 0 aromatic rings. The van der Waals surface area contributed by atoms with E-state index in [0.29, 0.717) is 25.2 Å². The molecule has 0 saturated heterocycles. The average molecular weight is 273 g/mol. The standard InChI is InChI=1S/C12H23N3O4/c1-3-10(16)8-19-12(17)11(13)6-4-5-7-14-9(2)15-18/h11,18H,3-8,13H2,1-2H3,(H,14,15). The van der Waals surface area contributed by atoms with Crippen molar-refractivity contribution in [1.29, 1.82) is 0 Å². The zero-order valence-corrected chi connectivity index (χ0v) is 11.5. The van der Waals surface area contributed by atoms with Crippen LogP contribution >= 0.6 is 0 Å². The summed E-state index contributed by atoms with van der Waals surface area (Å²) >= 11 is 0. The molecule has 0 aliphatic rings. The zero-order valence-electron chi connectivity index (χ0n) is 11.5. The molecule has 0 amide bonds. The van der Waals surface area contributed by atoms with Gasteiger partial charge in [-0.25, -0.2) is 0 Å². The highest BCUT2D eigenvalue weighted by Crippen LogP contribution is 2.01. The van der Waals surface area contributed by atoms with Crippen molar-refractivity contribution in [3.05, 3.63) is 0 Å². The lowest BCUT2D eigenvalue weighted by Crippen LogP contribution is -2.33. The largest absolute Gasteiger partial charge is 0.457 e. The molecule has 110 valence electrons. The number of ketones is 1. The molecule has 0 spiro atoms. The van der Waals surface area contributed by atoms with Crippen molar-refractivity contribution in [2.75, 3.05) is 13.2 Å². The number of rotatable bonds is 9. The molecule has 0 radical (unpaired) electrons. The SMILES string of the molecule is CCC(=O)COC(=O)C(N)CCCCN=C(C)NO. The van der Waals surface area contributed by atoms with Crippen LogP contribution in [-0.2, 0) is 14.3 Å². The summed E-state index contributed by atoms with van der Waals surface area (Å²) in [4.78, 5) is 26.4. The van der Waals surface area contributed by atoms with E-state index < -0.39 is 12.0 Å². The quantitative estimate of drug-likeness (QED) is 0.184. The number of hydrogen-bond donors (Lipinski definition) is 3. The normalized spacial score (nSPS) is 12.9. The lowest BCUT2D eigenvalue weighted by molar-refractivity contribution is -0.149. The molecule has 1 atom stereocenters. The maximum absolute atomic E-state index is 11.4. The molecule has 0 aromatic heterocycles. The van der Waals surface area contributed by atoms with Crippen molar-refractivity contribution in [1.82, 2.24) is 5.48 Å². The minimum atomic E-state index is -0.703. The lowest BCUT2D eigenvalue weighted by Gasteiger charge is -2.10. The first-order chi connectivity index (χ1) is 9.01. The molecule has 19 heavy (non-hydrogen) atoms. The van der Waals surface area contributed by atoms with Gasteiger partial charge in [0.15, 0.2) is 5.78 Å². The van der Waals surface area contributed by atoms with Crippen molar-refractivity contribution in [3.63, 3.8) is 0 Å². The van der Waals surface area contributed by atoms with Crippen LogP contribution in [0.1, 0.15) is 39.5 Å². The summed E-state index contributed by atoms with van der Waals surface area (Å²) < 4.78 is 4.79. The Bertz CT molecular complexity index is 318. The molecule has 0 heterocycles. The smallest absolute Gasteiger partial charge is 0.323 e. The highest BCUT2D eigenvalue weighted by molar-refractivity contribution is 5.83. The van der Waals surface area contributed by atoms with E-state index >= 15 is 0 Å². The predicted molar refractivity (Wildman–Crippen MR) is 71.0 cm³/mol. The number of ether oxygens (including phenoxy) is 1. The Kier molecular flexibility index (Phi) is 9.64. The van der Waals surface area contributed by atoms with E-state index in [9.17, 15) is 9.59 Å². The fourth-order valence-electron chi connectivity index (χ4n) is 1.24. The number of carbonyl (C=O) groups is 2. The Balaban J connectivity index is 3.70. The predicted octanol–water partition coefficient (Wildman–Crippen LogP) is 0.404. The highest BCUT2D eigenvalue weighted by atomic mass is 16.5. The van der Waals surface area contributed by atoms with Gasteiger partial charge in [-0.15, -0.1) is 0 Å². The summed E-state index contributed by atoms with van der Waals surface area (Å²) in [7, 11) is 0.